The van der Waals surface area contributed by atoms with Gasteiger partial charge in [-0.15, -0.1) is 0 Å². The van der Waals surface area contributed by atoms with Crippen molar-refractivity contribution in [2.24, 2.45) is 11.8 Å². The molecule has 0 bridgehead atoms. The molecule has 1 N–H and O–H groups in total. The molecule has 1 aliphatic carbocycles. The molecule has 4 heteroatoms. The minimum Gasteiger partial charge on any atom is -0.481 e. The molecule has 1 fully saturated rings. The maximum Gasteiger partial charge on any atom is 0.306 e. The van der Waals surface area contributed by atoms with Crippen LogP contribution >= 0.6 is 0 Å². The maximum atomic E-state index is 10.8. The Morgan fingerprint density at radius 2 is 2.47 bits per heavy atom. The number of hydrogen-bond donors (Lipinski definition) is 1. The summed E-state index contributed by atoms with van der Waals surface area (Å²) in [6.07, 6.45) is 6.38. The SMILES string of the molecule is CCn1ccnc1CC1CCC1C(=O)O. The zero-order valence-electron chi connectivity index (χ0n) is 8.89. The van der Waals surface area contributed by atoms with E-state index in [0.717, 1.165) is 31.6 Å². The van der Waals surface area contributed by atoms with Gasteiger partial charge in [0.25, 0.3) is 0 Å². The summed E-state index contributed by atoms with van der Waals surface area (Å²) in [6, 6.07) is 0. The molecule has 15 heavy (non-hydrogen) atoms. The lowest BCUT2D eigenvalue weighted by atomic mass is 9.72. The van der Waals surface area contributed by atoms with Crippen molar-refractivity contribution in [3.63, 3.8) is 0 Å². The number of rotatable bonds is 4. The summed E-state index contributed by atoms with van der Waals surface area (Å²) in [7, 11) is 0. The topological polar surface area (TPSA) is 55.1 Å². The van der Waals surface area contributed by atoms with Crippen molar-refractivity contribution in [1.82, 2.24) is 9.55 Å². The van der Waals surface area contributed by atoms with Gasteiger partial charge in [0.1, 0.15) is 5.82 Å². The Labute approximate surface area is 88.9 Å². The summed E-state index contributed by atoms with van der Waals surface area (Å²) in [5.41, 5.74) is 0. The molecule has 0 saturated heterocycles. The highest BCUT2D eigenvalue weighted by molar-refractivity contribution is 5.71. The number of carboxylic acids is 1. The van der Waals surface area contributed by atoms with Crippen LogP contribution in [0, 0.1) is 11.8 Å². The summed E-state index contributed by atoms with van der Waals surface area (Å²) in [5, 5.41) is 8.93. The summed E-state index contributed by atoms with van der Waals surface area (Å²) >= 11 is 0. The van der Waals surface area contributed by atoms with Crippen LogP contribution in [0.15, 0.2) is 12.4 Å². The van der Waals surface area contributed by atoms with Gasteiger partial charge in [0.15, 0.2) is 0 Å². The summed E-state index contributed by atoms with van der Waals surface area (Å²) in [6.45, 7) is 2.97. The zero-order valence-corrected chi connectivity index (χ0v) is 8.89. The molecular formula is C11H16N2O2. The maximum absolute atomic E-state index is 10.8. The van der Waals surface area contributed by atoms with E-state index in [1.54, 1.807) is 6.20 Å². The molecule has 2 atom stereocenters. The van der Waals surface area contributed by atoms with Crippen LogP contribution in [0.4, 0.5) is 0 Å². The highest BCUT2D eigenvalue weighted by Gasteiger charge is 2.36. The van der Waals surface area contributed by atoms with Gasteiger partial charge in [-0.25, -0.2) is 4.98 Å². The fourth-order valence-corrected chi connectivity index (χ4v) is 2.19. The minimum absolute atomic E-state index is 0.146. The van der Waals surface area contributed by atoms with Gasteiger partial charge >= 0.3 is 5.97 Å². The lowest BCUT2D eigenvalue weighted by Gasteiger charge is -2.33. The Hall–Kier alpha value is -1.32. The van der Waals surface area contributed by atoms with Crippen molar-refractivity contribution >= 4 is 5.97 Å². The van der Waals surface area contributed by atoms with E-state index in [-0.39, 0.29) is 11.8 Å². The van der Waals surface area contributed by atoms with Crippen molar-refractivity contribution in [3.8, 4) is 0 Å². The number of imidazole rings is 1. The third-order valence-corrected chi connectivity index (χ3v) is 3.32. The van der Waals surface area contributed by atoms with Gasteiger partial charge in [-0.1, -0.05) is 0 Å². The molecule has 0 aromatic carbocycles. The van der Waals surface area contributed by atoms with Gasteiger partial charge in [0.2, 0.25) is 0 Å². The molecule has 1 aromatic rings. The van der Waals surface area contributed by atoms with Gasteiger partial charge in [-0.3, -0.25) is 4.79 Å². The van der Waals surface area contributed by atoms with Crippen molar-refractivity contribution in [3.05, 3.63) is 18.2 Å². The number of hydrogen-bond acceptors (Lipinski definition) is 2. The second-order valence-electron chi connectivity index (χ2n) is 4.12. The Morgan fingerprint density at radius 1 is 1.67 bits per heavy atom. The minimum atomic E-state index is -0.652. The monoisotopic (exact) mass is 208 g/mol. The predicted molar refractivity (Wildman–Crippen MR) is 55.5 cm³/mol. The lowest BCUT2D eigenvalue weighted by molar-refractivity contribution is -0.147. The summed E-state index contributed by atoms with van der Waals surface area (Å²) in [5.74, 6) is 0.511. The quantitative estimate of drug-likeness (QED) is 0.816. The van der Waals surface area contributed by atoms with Crippen LogP contribution in [0.25, 0.3) is 0 Å². The highest BCUT2D eigenvalue weighted by Crippen LogP contribution is 2.36. The van der Waals surface area contributed by atoms with Crippen LogP contribution in [0.5, 0.6) is 0 Å². The second kappa shape index (κ2) is 4.04. The Kier molecular flexibility index (Phi) is 2.75. The number of aliphatic carboxylic acids is 1. The molecular weight excluding hydrogens is 192 g/mol. The van der Waals surface area contributed by atoms with Gasteiger partial charge in [-0.2, -0.15) is 0 Å². The van der Waals surface area contributed by atoms with E-state index < -0.39 is 5.97 Å². The van der Waals surface area contributed by atoms with Gasteiger partial charge in [0, 0.05) is 25.4 Å². The molecule has 0 radical (unpaired) electrons. The summed E-state index contributed by atoms with van der Waals surface area (Å²) < 4.78 is 2.08. The van der Waals surface area contributed by atoms with E-state index >= 15 is 0 Å². The van der Waals surface area contributed by atoms with E-state index in [2.05, 4.69) is 16.5 Å². The zero-order chi connectivity index (χ0) is 10.8. The van der Waals surface area contributed by atoms with E-state index in [1.807, 2.05) is 6.20 Å². The third-order valence-electron chi connectivity index (χ3n) is 3.32. The normalized spacial score (nSPS) is 24.9. The largest absolute Gasteiger partial charge is 0.481 e. The Morgan fingerprint density at radius 3 is 3.00 bits per heavy atom. The molecule has 1 aliphatic rings. The number of aromatic nitrogens is 2. The van der Waals surface area contributed by atoms with E-state index in [4.69, 9.17) is 5.11 Å². The molecule has 0 amide bonds. The number of carboxylic acid groups (broad SMARTS) is 1. The summed E-state index contributed by atoms with van der Waals surface area (Å²) in [4.78, 5) is 15.1. The molecule has 1 aromatic heterocycles. The van der Waals surface area contributed by atoms with Gasteiger partial charge in [0.05, 0.1) is 5.92 Å². The first-order valence-electron chi connectivity index (χ1n) is 5.45. The highest BCUT2D eigenvalue weighted by atomic mass is 16.4. The molecule has 2 unspecified atom stereocenters. The Balaban J connectivity index is 2.00. The number of aryl methyl sites for hydroxylation is 1. The lowest BCUT2D eigenvalue weighted by Crippen LogP contribution is -2.34. The van der Waals surface area contributed by atoms with Crippen molar-refractivity contribution in [2.45, 2.75) is 32.7 Å². The molecule has 0 aliphatic heterocycles. The van der Waals surface area contributed by atoms with Crippen molar-refractivity contribution in [1.29, 1.82) is 0 Å². The second-order valence-corrected chi connectivity index (χ2v) is 4.12. The molecule has 4 nitrogen and oxygen atoms in total. The smallest absolute Gasteiger partial charge is 0.306 e. The van der Waals surface area contributed by atoms with Gasteiger partial charge in [-0.05, 0) is 25.7 Å². The van der Waals surface area contributed by atoms with E-state index in [0.29, 0.717) is 0 Å². The van der Waals surface area contributed by atoms with Crippen molar-refractivity contribution < 1.29 is 9.90 Å². The fraction of sp³-hybridized carbons (Fsp3) is 0.636. The first kappa shape index (κ1) is 10.2. The van der Waals surface area contributed by atoms with Crippen LogP contribution in [-0.4, -0.2) is 20.6 Å². The average molecular weight is 208 g/mol. The van der Waals surface area contributed by atoms with Crippen molar-refractivity contribution in [2.75, 3.05) is 0 Å². The van der Waals surface area contributed by atoms with Crippen LogP contribution in [-0.2, 0) is 17.8 Å². The molecule has 82 valence electrons. The molecule has 1 saturated carbocycles. The average Bonchev–Trinajstić information content (AvgIpc) is 2.58. The number of carbonyl (C=O) groups is 1. The first-order valence-corrected chi connectivity index (χ1v) is 5.45. The molecule has 2 rings (SSSR count). The fourth-order valence-electron chi connectivity index (χ4n) is 2.19. The van der Waals surface area contributed by atoms with E-state index in [9.17, 15) is 4.79 Å². The third kappa shape index (κ3) is 1.89. The molecule has 1 heterocycles. The number of nitrogens with zero attached hydrogens (tertiary/aromatic N) is 2. The predicted octanol–water partition coefficient (Wildman–Crippen LogP) is 1.56. The van der Waals surface area contributed by atoms with Crippen LogP contribution < -0.4 is 0 Å². The van der Waals surface area contributed by atoms with E-state index in [1.165, 1.54) is 0 Å². The first-order chi connectivity index (χ1) is 7.22. The van der Waals surface area contributed by atoms with Crippen LogP contribution in [0.2, 0.25) is 0 Å². The molecule has 0 spiro atoms. The Bertz CT molecular complexity index is 359. The van der Waals surface area contributed by atoms with Crippen LogP contribution in [0.3, 0.4) is 0 Å². The standard InChI is InChI=1S/C11H16N2O2/c1-2-13-6-5-12-10(13)7-8-3-4-9(8)11(14)15/h5-6,8-9H,2-4,7H2,1H3,(H,14,15). The van der Waals surface area contributed by atoms with Crippen LogP contribution in [0.1, 0.15) is 25.6 Å². The van der Waals surface area contributed by atoms with Gasteiger partial charge < -0.3 is 9.67 Å².